The molecule has 1 saturated heterocycles. The van der Waals surface area contributed by atoms with Gasteiger partial charge >= 0.3 is 0 Å². The third-order valence-electron chi connectivity index (χ3n) is 4.67. The summed E-state index contributed by atoms with van der Waals surface area (Å²) in [5.41, 5.74) is 1.41. The molecule has 4 heterocycles. The Balaban J connectivity index is 1.65. The van der Waals surface area contributed by atoms with Crippen molar-refractivity contribution in [3.63, 3.8) is 0 Å². The SMILES string of the molecule is CN(C)[C@@H]1CN(C(=O)c2nccc3[nH]ccc23)C[C@@H]1n1ccnn1. The Morgan fingerprint density at radius 3 is 2.92 bits per heavy atom. The Morgan fingerprint density at radius 2 is 2.17 bits per heavy atom. The number of fused-ring (bicyclic) bond motifs is 1. The normalized spacial score (nSPS) is 21.0. The minimum Gasteiger partial charge on any atom is -0.361 e. The minimum absolute atomic E-state index is 0.0466. The van der Waals surface area contributed by atoms with Gasteiger partial charge in [-0.05, 0) is 26.2 Å². The fraction of sp³-hybridized carbons (Fsp3) is 0.375. The summed E-state index contributed by atoms with van der Waals surface area (Å²) in [4.78, 5) is 24.5. The van der Waals surface area contributed by atoms with Gasteiger partial charge in [0.2, 0.25) is 0 Å². The molecule has 0 spiro atoms. The maximum Gasteiger partial charge on any atom is 0.273 e. The molecule has 8 heteroatoms. The topological polar surface area (TPSA) is 82.9 Å². The second kappa shape index (κ2) is 5.72. The number of likely N-dealkylation sites (N-methyl/N-ethyl adjacent to an activating group) is 1. The predicted molar refractivity (Wildman–Crippen MR) is 88.5 cm³/mol. The zero-order valence-electron chi connectivity index (χ0n) is 13.6. The number of nitrogens with one attached hydrogen (secondary N) is 1. The summed E-state index contributed by atoms with van der Waals surface area (Å²) in [7, 11) is 4.04. The minimum atomic E-state index is -0.0466. The quantitative estimate of drug-likeness (QED) is 0.769. The number of hydrogen-bond acceptors (Lipinski definition) is 5. The van der Waals surface area contributed by atoms with Crippen molar-refractivity contribution in [1.82, 2.24) is 34.8 Å². The summed E-state index contributed by atoms with van der Waals surface area (Å²) in [5, 5.41) is 8.87. The van der Waals surface area contributed by atoms with E-state index in [1.807, 2.05) is 48.2 Å². The molecule has 3 aromatic rings. The molecule has 3 aromatic heterocycles. The van der Waals surface area contributed by atoms with Crippen LogP contribution in [0.4, 0.5) is 0 Å². The molecule has 0 radical (unpaired) electrons. The smallest absolute Gasteiger partial charge is 0.273 e. The molecule has 0 aromatic carbocycles. The number of hydrogen-bond donors (Lipinski definition) is 1. The fourth-order valence-electron chi connectivity index (χ4n) is 3.40. The van der Waals surface area contributed by atoms with Crippen LogP contribution >= 0.6 is 0 Å². The van der Waals surface area contributed by atoms with Crippen LogP contribution in [0.3, 0.4) is 0 Å². The average molecular weight is 325 g/mol. The van der Waals surface area contributed by atoms with Crippen LogP contribution in [0.2, 0.25) is 0 Å². The van der Waals surface area contributed by atoms with Crippen LogP contribution in [0.25, 0.3) is 10.9 Å². The average Bonchev–Trinajstić information content (AvgIpc) is 3.31. The van der Waals surface area contributed by atoms with Gasteiger partial charge in [-0.3, -0.25) is 9.78 Å². The van der Waals surface area contributed by atoms with Crippen molar-refractivity contribution < 1.29 is 4.79 Å². The van der Waals surface area contributed by atoms with Crippen LogP contribution in [0, 0.1) is 0 Å². The molecular formula is C16H19N7O. The van der Waals surface area contributed by atoms with E-state index in [1.54, 1.807) is 12.4 Å². The van der Waals surface area contributed by atoms with Crippen LogP contribution in [-0.4, -0.2) is 73.9 Å². The third kappa shape index (κ3) is 2.35. The van der Waals surface area contributed by atoms with Gasteiger partial charge in [0.1, 0.15) is 5.69 Å². The first-order valence-electron chi connectivity index (χ1n) is 7.89. The molecule has 0 saturated carbocycles. The van der Waals surface area contributed by atoms with Crippen LogP contribution in [-0.2, 0) is 0 Å². The van der Waals surface area contributed by atoms with Crippen LogP contribution in [0.5, 0.6) is 0 Å². The number of aromatic nitrogens is 5. The lowest BCUT2D eigenvalue weighted by Crippen LogP contribution is -2.37. The summed E-state index contributed by atoms with van der Waals surface area (Å²) in [5.74, 6) is -0.0466. The van der Waals surface area contributed by atoms with Gasteiger partial charge in [-0.25, -0.2) is 4.68 Å². The van der Waals surface area contributed by atoms with Gasteiger partial charge < -0.3 is 14.8 Å². The molecule has 8 nitrogen and oxygen atoms in total. The van der Waals surface area contributed by atoms with E-state index in [4.69, 9.17) is 0 Å². The molecule has 4 rings (SSSR count). The summed E-state index contributed by atoms with van der Waals surface area (Å²) < 4.78 is 1.84. The van der Waals surface area contributed by atoms with E-state index in [0.29, 0.717) is 18.8 Å². The van der Waals surface area contributed by atoms with E-state index in [0.717, 1.165) is 10.9 Å². The van der Waals surface area contributed by atoms with Crippen molar-refractivity contribution in [3.05, 3.63) is 42.6 Å². The molecule has 0 bridgehead atoms. The standard InChI is InChI=1S/C16H19N7O/c1-21(2)13-9-22(10-14(13)23-8-7-19-20-23)16(24)15-11-3-5-17-12(11)4-6-18-15/h3-8,13-14,17H,9-10H2,1-2H3/t13-,14+/m1/s1. The number of H-pyrrole nitrogens is 1. The van der Waals surface area contributed by atoms with Crippen molar-refractivity contribution in [2.45, 2.75) is 12.1 Å². The fourth-order valence-corrected chi connectivity index (χ4v) is 3.40. The lowest BCUT2D eigenvalue weighted by atomic mass is 10.1. The summed E-state index contributed by atoms with van der Waals surface area (Å²) >= 11 is 0. The number of amides is 1. The number of carbonyl (C=O) groups is 1. The van der Waals surface area contributed by atoms with Gasteiger partial charge in [0.25, 0.3) is 5.91 Å². The van der Waals surface area contributed by atoms with E-state index in [2.05, 4.69) is 25.2 Å². The van der Waals surface area contributed by atoms with Crippen LogP contribution in [0.15, 0.2) is 36.9 Å². The Kier molecular flexibility index (Phi) is 3.53. The lowest BCUT2D eigenvalue weighted by Gasteiger charge is -2.24. The van der Waals surface area contributed by atoms with Gasteiger partial charge in [0.15, 0.2) is 0 Å². The maximum atomic E-state index is 13.0. The van der Waals surface area contributed by atoms with Gasteiger partial charge in [0, 0.05) is 42.6 Å². The maximum absolute atomic E-state index is 13.0. The van der Waals surface area contributed by atoms with Crippen molar-refractivity contribution in [2.24, 2.45) is 0 Å². The van der Waals surface area contributed by atoms with Crippen molar-refractivity contribution >= 4 is 16.8 Å². The highest BCUT2D eigenvalue weighted by Gasteiger charge is 2.39. The zero-order chi connectivity index (χ0) is 16.7. The molecule has 0 unspecified atom stereocenters. The number of rotatable bonds is 3. The highest BCUT2D eigenvalue weighted by molar-refractivity contribution is 6.04. The molecule has 1 fully saturated rings. The predicted octanol–water partition coefficient (Wildman–Crippen LogP) is 0.782. The molecule has 24 heavy (non-hydrogen) atoms. The number of nitrogens with zero attached hydrogens (tertiary/aromatic N) is 6. The van der Waals surface area contributed by atoms with E-state index in [1.165, 1.54) is 0 Å². The first-order chi connectivity index (χ1) is 11.6. The monoisotopic (exact) mass is 325 g/mol. The molecule has 1 aliphatic rings. The van der Waals surface area contributed by atoms with Crippen molar-refractivity contribution in [2.75, 3.05) is 27.2 Å². The molecule has 1 amide bonds. The molecule has 2 atom stereocenters. The molecular weight excluding hydrogens is 306 g/mol. The molecule has 0 aliphatic carbocycles. The highest BCUT2D eigenvalue weighted by atomic mass is 16.2. The van der Waals surface area contributed by atoms with E-state index in [-0.39, 0.29) is 18.0 Å². The summed E-state index contributed by atoms with van der Waals surface area (Å²) in [6.07, 6.45) is 7.01. The Morgan fingerprint density at radius 1 is 1.29 bits per heavy atom. The molecule has 1 N–H and O–H groups in total. The second-order valence-electron chi connectivity index (χ2n) is 6.29. The first-order valence-corrected chi connectivity index (χ1v) is 7.89. The van der Waals surface area contributed by atoms with Crippen molar-refractivity contribution in [3.8, 4) is 0 Å². The number of likely N-dealkylation sites (tertiary alicyclic amines) is 1. The van der Waals surface area contributed by atoms with Gasteiger partial charge in [-0.2, -0.15) is 0 Å². The van der Waals surface area contributed by atoms with Gasteiger partial charge in [-0.1, -0.05) is 5.21 Å². The number of carbonyl (C=O) groups excluding carboxylic acids is 1. The molecule has 1 aliphatic heterocycles. The van der Waals surface area contributed by atoms with Gasteiger partial charge in [0.05, 0.1) is 18.3 Å². The molecule has 124 valence electrons. The summed E-state index contributed by atoms with van der Waals surface area (Å²) in [6.45, 7) is 1.23. The Bertz CT molecular complexity index is 854. The van der Waals surface area contributed by atoms with Crippen LogP contribution < -0.4 is 0 Å². The van der Waals surface area contributed by atoms with Crippen molar-refractivity contribution in [1.29, 1.82) is 0 Å². The summed E-state index contributed by atoms with van der Waals surface area (Å²) in [6, 6.07) is 4.03. The second-order valence-corrected chi connectivity index (χ2v) is 6.29. The Labute approximate surface area is 139 Å². The number of aromatic amines is 1. The van der Waals surface area contributed by atoms with E-state index in [9.17, 15) is 4.79 Å². The lowest BCUT2D eigenvalue weighted by molar-refractivity contribution is 0.0777. The van der Waals surface area contributed by atoms with Crippen LogP contribution in [0.1, 0.15) is 16.5 Å². The van der Waals surface area contributed by atoms with Gasteiger partial charge in [-0.15, -0.1) is 5.10 Å². The number of pyridine rings is 1. The third-order valence-corrected chi connectivity index (χ3v) is 4.67. The first kappa shape index (κ1) is 14.8. The highest BCUT2D eigenvalue weighted by Crippen LogP contribution is 2.27. The zero-order valence-corrected chi connectivity index (χ0v) is 13.6. The van der Waals surface area contributed by atoms with E-state index >= 15 is 0 Å². The largest absolute Gasteiger partial charge is 0.361 e. The Hall–Kier alpha value is -2.74. The van der Waals surface area contributed by atoms with E-state index < -0.39 is 0 Å².